The highest BCUT2D eigenvalue weighted by molar-refractivity contribution is 14.1. The number of furan rings is 1. The molecule has 0 spiro atoms. The van der Waals surface area contributed by atoms with Gasteiger partial charge in [-0.15, -0.1) is 0 Å². The Kier molecular flexibility index (Phi) is 4.12. The van der Waals surface area contributed by atoms with Gasteiger partial charge in [0.05, 0.1) is 11.1 Å². The van der Waals surface area contributed by atoms with Crippen LogP contribution in [0.2, 0.25) is 5.02 Å². The Bertz CT molecular complexity index is 524. The number of rotatable bonds is 3. The second kappa shape index (κ2) is 5.42. The van der Waals surface area contributed by atoms with E-state index in [2.05, 4.69) is 34.0 Å². The predicted molar refractivity (Wildman–Crippen MR) is 78.5 cm³/mol. The van der Waals surface area contributed by atoms with Crippen LogP contribution in [-0.4, -0.2) is 7.05 Å². The maximum atomic E-state index is 6.14. The van der Waals surface area contributed by atoms with Crippen molar-refractivity contribution in [2.24, 2.45) is 0 Å². The molecule has 1 heterocycles. The van der Waals surface area contributed by atoms with Crippen molar-refractivity contribution in [2.75, 3.05) is 7.05 Å². The van der Waals surface area contributed by atoms with E-state index in [1.54, 1.807) is 0 Å². The molecule has 90 valence electrons. The fourth-order valence-electron chi connectivity index (χ4n) is 1.77. The molecular formula is C13H13ClINO. The quantitative estimate of drug-likeness (QED) is 0.831. The van der Waals surface area contributed by atoms with Crippen LogP contribution in [0.15, 0.2) is 34.7 Å². The van der Waals surface area contributed by atoms with Crippen molar-refractivity contribution in [3.05, 3.63) is 56.0 Å². The van der Waals surface area contributed by atoms with Gasteiger partial charge < -0.3 is 9.73 Å². The maximum absolute atomic E-state index is 6.14. The molecule has 0 aliphatic rings. The van der Waals surface area contributed by atoms with Crippen molar-refractivity contribution in [3.8, 4) is 0 Å². The third-order valence-corrected chi connectivity index (χ3v) is 4.18. The van der Waals surface area contributed by atoms with Gasteiger partial charge in [-0.3, -0.25) is 0 Å². The average molecular weight is 362 g/mol. The van der Waals surface area contributed by atoms with Crippen molar-refractivity contribution < 1.29 is 4.42 Å². The van der Waals surface area contributed by atoms with Crippen molar-refractivity contribution in [1.82, 2.24) is 5.32 Å². The molecule has 0 radical (unpaired) electrons. The second-order valence-electron chi connectivity index (χ2n) is 3.84. The SMILES string of the molecule is CNC(c1ccc(I)c(Cl)c1)c1ccc(C)o1. The van der Waals surface area contributed by atoms with Gasteiger partial charge in [0.25, 0.3) is 0 Å². The molecule has 1 N–H and O–H groups in total. The highest BCUT2D eigenvalue weighted by Gasteiger charge is 2.16. The molecule has 1 aromatic heterocycles. The lowest BCUT2D eigenvalue weighted by molar-refractivity contribution is 0.444. The molecule has 0 bridgehead atoms. The third-order valence-electron chi connectivity index (χ3n) is 2.61. The molecule has 0 aliphatic carbocycles. The van der Waals surface area contributed by atoms with Gasteiger partial charge >= 0.3 is 0 Å². The molecule has 2 aromatic rings. The highest BCUT2D eigenvalue weighted by atomic mass is 127. The number of hydrogen-bond donors (Lipinski definition) is 1. The topological polar surface area (TPSA) is 25.2 Å². The molecule has 0 aliphatic heterocycles. The number of aryl methyl sites for hydroxylation is 1. The molecule has 4 heteroatoms. The van der Waals surface area contributed by atoms with Crippen LogP contribution in [0.5, 0.6) is 0 Å². The molecule has 0 saturated heterocycles. The fraction of sp³-hybridized carbons (Fsp3) is 0.231. The minimum Gasteiger partial charge on any atom is -0.464 e. The second-order valence-corrected chi connectivity index (χ2v) is 5.41. The molecule has 1 atom stereocenters. The monoisotopic (exact) mass is 361 g/mol. The minimum absolute atomic E-state index is 0.0400. The normalized spacial score (nSPS) is 12.7. The Balaban J connectivity index is 2.38. The summed E-state index contributed by atoms with van der Waals surface area (Å²) in [5.74, 6) is 1.82. The van der Waals surface area contributed by atoms with Crippen LogP contribution < -0.4 is 5.32 Å². The minimum atomic E-state index is 0.0400. The summed E-state index contributed by atoms with van der Waals surface area (Å²) in [4.78, 5) is 0. The lowest BCUT2D eigenvalue weighted by Crippen LogP contribution is -2.17. The standard InChI is InChI=1S/C13H13ClINO/c1-8-3-6-12(17-8)13(16-2)9-4-5-11(15)10(14)7-9/h3-7,13,16H,1-2H3. The van der Waals surface area contributed by atoms with E-state index in [9.17, 15) is 0 Å². The van der Waals surface area contributed by atoms with Crippen LogP contribution in [0.4, 0.5) is 0 Å². The Hall–Kier alpha value is -0.520. The summed E-state index contributed by atoms with van der Waals surface area (Å²) < 4.78 is 6.71. The van der Waals surface area contributed by atoms with Gasteiger partial charge in [0, 0.05) is 3.57 Å². The van der Waals surface area contributed by atoms with E-state index in [0.29, 0.717) is 0 Å². The lowest BCUT2D eigenvalue weighted by Gasteiger charge is -2.14. The first kappa shape index (κ1) is 12.9. The summed E-state index contributed by atoms with van der Waals surface area (Å²) in [6.45, 7) is 1.94. The van der Waals surface area contributed by atoms with E-state index in [0.717, 1.165) is 25.7 Å². The number of halogens is 2. The Morgan fingerprint density at radius 3 is 2.59 bits per heavy atom. The molecule has 1 unspecified atom stereocenters. The Morgan fingerprint density at radius 2 is 2.06 bits per heavy atom. The average Bonchev–Trinajstić information content (AvgIpc) is 2.71. The van der Waals surface area contributed by atoms with E-state index >= 15 is 0 Å². The van der Waals surface area contributed by atoms with Gasteiger partial charge in [0.15, 0.2) is 0 Å². The smallest absolute Gasteiger partial charge is 0.125 e. The maximum Gasteiger partial charge on any atom is 0.125 e. The van der Waals surface area contributed by atoms with Crippen molar-refractivity contribution in [1.29, 1.82) is 0 Å². The molecule has 0 amide bonds. The predicted octanol–water partition coefficient (Wildman–Crippen LogP) is 4.15. The van der Waals surface area contributed by atoms with Crippen molar-refractivity contribution >= 4 is 34.2 Å². The first-order chi connectivity index (χ1) is 8.11. The summed E-state index contributed by atoms with van der Waals surface area (Å²) in [6.07, 6.45) is 0. The molecule has 0 fully saturated rings. The number of benzene rings is 1. The van der Waals surface area contributed by atoms with Crippen LogP contribution in [0.25, 0.3) is 0 Å². The summed E-state index contributed by atoms with van der Waals surface area (Å²) in [5, 5.41) is 4.01. The highest BCUT2D eigenvalue weighted by Crippen LogP contribution is 2.27. The molecule has 2 rings (SSSR count). The van der Waals surface area contributed by atoms with E-state index in [4.69, 9.17) is 16.0 Å². The van der Waals surface area contributed by atoms with Gasteiger partial charge in [-0.05, 0) is 66.4 Å². The fourth-order valence-corrected chi connectivity index (χ4v) is 2.30. The molecule has 2 nitrogen and oxygen atoms in total. The number of nitrogens with one attached hydrogen (secondary N) is 1. The molecule has 0 saturated carbocycles. The van der Waals surface area contributed by atoms with Gasteiger partial charge in [-0.25, -0.2) is 0 Å². The Morgan fingerprint density at radius 1 is 1.29 bits per heavy atom. The number of hydrogen-bond acceptors (Lipinski definition) is 2. The summed E-state index contributed by atoms with van der Waals surface area (Å²) in [6, 6.07) is 10.0. The van der Waals surface area contributed by atoms with Crippen LogP contribution in [0.1, 0.15) is 23.1 Å². The van der Waals surface area contributed by atoms with Crippen LogP contribution in [-0.2, 0) is 0 Å². The molecular weight excluding hydrogens is 349 g/mol. The largest absolute Gasteiger partial charge is 0.464 e. The van der Waals surface area contributed by atoms with E-state index in [1.807, 2.05) is 38.2 Å². The van der Waals surface area contributed by atoms with Gasteiger partial charge in [-0.1, -0.05) is 17.7 Å². The van der Waals surface area contributed by atoms with Crippen LogP contribution in [0.3, 0.4) is 0 Å². The van der Waals surface area contributed by atoms with Crippen LogP contribution in [0, 0.1) is 10.5 Å². The molecule has 1 aromatic carbocycles. The summed E-state index contributed by atoms with van der Waals surface area (Å²) >= 11 is 8.36. The third kappa shape index (κ3) is 2.84. The van der Waals surface area contributed by atoms with Crippen molar-refractivity contribution in [3.63, 3.8) is 0 Å². The van der Waals surface area contributed by atoms with Gasteiger partial charge in [0.2, 0.25) is 0 Å². The lowest BCUT2D eigenvalue weighted by atomic mass is 10.1. The first-order valence-electron chi connectivity index (χ1n) is 5.30. The summed E-state index contributed by atoms with van der Waals surface area (Å²) in [5.41, 5.74) is 1.10. The molecule has 17 heavy (non-hydrogen) atoms. The Labute approximate surface area is 119 Å². The van der Waals surface area contributed by atoms with Crippen molar-refractivity contribution in [2.45, 2.75) is 13.0 Å². The van der Waals surface area contributed by atoms with E-state index < -0.39 is 0 Å². The first-order valence-corrected chi connectivity index (χ1v) is 6.76. The van der Waals surface area contributed by atoms with Gasteiger partial charge in [-0.2, -0.15) is 0 Å². The van der Waals surface area contributed by atoms with E-state index in [1.165, 1.54) is 0 Å². The van der Waals surface area contributed by atoms with E-state index in [-0.39, 0.29) is 6.04 Å². The zero-order chi connectivity index (χ0) is 12.4. The zero-order valence-corrected chi connectivity index (χ0v) is 12.5. The van der Waals surface area contributed by atoms with Crippen LogP contribution >= 0.6 is 34.2 Å². The summed E-state index contributed by atoms with van der Waals surface area (Å²) in [7, 11) is 1.91. The van der Waals surface area contributed by atoms with Gasteiger partial charge in [0.1, 0.15) is 11.5 Å². The zero-order valence-electron chi connectivity index (χ0n) is 9.63.